The van der Waals surface area contributed by atoms with E-state index in [2.05, 4.69) is 35.1 Å². The van der Waals surface area contributed by atoms with Crippen molar-refractivity contribution in [1.82, 2.24) is 21.3 Å². The largest absolute Gasteiger partial charge is 0.377 e. The molecule has 50 heavy (non-hydrogen) atoms. The van der Waals surface area contributed by atoms with Crippen LogP contribution in [0, 0.1) is 0 Å². The van der Waals surface area contributed by atoms with Gasteiger partial charge in [0.2, 0.25) is 23.6 Å². The van der Waals surface area contributed by atoms with E-state index in [1.54, 1.807) is 0 Å². The molecular weight excluding hydrogens is 644 g/mol. The van der Waals surface area contributed by atoms with E-state index in [0.29, 0.717) is 52.2 Å². The Hall–Kier alpha value is -2.61. The Morgan fingerprint density at radius 3 is 1.42 bits per heavy atom. The first-order valence-electron chi connectivity index (χ1n) is 19.3. The predicted molar refractivity (Wildman–Crippen MR) is 195 cm³/mol. The molecule has 13 nitrogen and oxygen atoms in total. The van der Waals surface area contributed by atoms with Crippen molar-refractivity contribution in [2.24, 2.45) is 0 Å². The van der Waals surface area contributed by atoms with Crippen LogP contribution in [0.5, 0.6) is 0 Å². The maximum absolute atomic E-state index is 12.2. The molecule has 0 spiro atoms. The second kappa shape index (κ2) is 37.6. The molecule has 0 aliphatic heterocycles. The highest BCUT2D eigenvalue weighted by atomic mass is 16.5. The minimum atomic E-state index is -0.673. The van der Waals surface area contributed by atoms with Crippen LogP contribution in [0.2, 0.25) is 0 Å². The van der Waals surface area contributed by atoms with Crippen molar-refractivity contribution < 1.29 is 42.9 Å². The molecule has 0 aromatic carbocycles. The number of carbonyl (C=O) groups is 5. The Morgan fingerprint density at radius 2 is 0.920 bits per heavy atom. The number of hydrogen-bond donors (Lipinski definition) is 4. The molecule has 0 aromatic heterocycles. The number of unbranched alkanes of at least 4 members (excludes halogenated alkanes) is 13. The molecule has 0 saturated heterocycles. The highest BCUT2D eigenvalue weighted by Crippen LogP contribution is 2.13. The lowest BCUT2D eigenvalue weighted by atomic mass is 10.0. The fourth-order valence-corrected chi connectivity index (χ4v) is 4.93. The summed E-state index contributed by atoms with van der Waals surface area (Å²) in [4.78, 5) is 59.0. The zero-order chi connectivity index (χ0) is 36.8. The maximum Gasteiger partial charge on any atom is 0.246 e. The summed E-state index contributed by atoms with van der Waals surface area (Å²) < 4.78 is 21.3. The Labute approximate surface area is 301 Å². The van der Waals surface area contributed by atoms with E-state index in [1.165, 1.54) is 64.2 Å². The van der Waals surface area contributed by atoms with Gasteiger partial charge < -0.3 is 45.0 Å². The number of rotatable bonds is 38. The third-order valence-corrected chi connectivity index (χ3v) is 7.90. The number of aldehydes is 1. The van der Waals surface area contributed by atoms with Crippen LogP contribution in [-0.2, 0) is 42.9 Å². The molecule has 13 heteroatoms. The number of nitrogens with one attached hydrogen (secondary N) is 4. The van der Waals surface area contributed by atoms with Gasteiger partial charge in [0, 0.05) is 32.5 Å². The highest BCUT2D eigenvalue weighted by Gasteiger charge is 2.13. The van der Waals surface area contributed by atoms with Crippen molar-refractivity contribution in [3.63, 3.8) is 0 Å². The van der Waals surface area contributed by atoms with E-state index in [1.807, 2.05) is 0 Å². The van der Waals surface area contributed by atoms with Crippen molar-refractivity contribution in [2.75, 3.05) is 72.5 Å². The summed E-state index contributed by atoms with van der Waals surface area (Å²) in [7, 11) is 0. The topological polar surface area (TPSA) is 170 Å². The molecule has 0 unspecified atom stereocenters. The lowest BCUT2D eigenvalue weighted by Gasteiger charge is -2.13. The van der Waals surface area contributed by atoms with E-state index >= 15 is 0 Å². The molecular formula is C37H70N4O9. The molecule has 1 atom stereocenters. The molecule has 4 amide bonds. The van der Waals surface area contributed by atoms with Gasteiger partial charge in [-0.2, -0.15) is 0 Å². The van der Waals surface area contributed by atoms with E-state index < -0.39 is 6.04 Å². The van der Waals surface area contributed by atoms with Gasteiger partial charge in [-0.1, -0.05) is 97.3 Å². The van der Waals surface area contributed by atoms with Gasteiger partial charge in [0.05, 0.1) is 45.7 Å². The van der Waals surface area contributed by atoms with Crippen LogP contribution < -0.4 is 21.3 Å². The van der Waals surface area contributed by atoms with E-state index in [4.69, 9.17) is 18.9 Å². The lowest BCUT2D eigenvalue weighted by Crippen LogP contribution is -2.37. The molecule has 0 radical (unpaired) electrons. The summed E-state index contributed by atoms with van der Waals surface area (Å²) in [5.74, 6) is -0.783. The Morgan fingerprint density at radius 1 is 0.480 bits per heavy atom. The molecule has 0 fully saturated rings. The minimum absolute atomic E-state index is 0.00395. The van der Waals surface area contributed by atoms with Crippen LogP contribution in [0.4, 0.5) is 0 Å². The molecule has 0 aliphatic carbocycles. The van der Waals surface area contributed by atoms with E-state index in [-0.39, 0.29) is 69.5 Å². The van der Waals surface area contributed by atoms with Crippen LogP contribution in [0.15, 0.2) is 0 Å². The molecule has 292 valence electrons. The minimum Gasteiger partial charge on any atom is -0.377 e. The number of hydrogen-bond acceptors (Lipinski definition) is 9. The van der Waals surface area contributed by atoms with Crippen molar-refractivity contribution in [3.05, 3.63) is 0 Å². The first-order chi connectivity index (χ1) is 24.4. The fourth-order valence-electron chi connectivity index (χ4n) is 4.93. The Bertz CT molecular complexity index is 848. The second-order valence-corrected chi connectivity index (χ2v) is 12.6. The van der Waals surface area contributed by atoms with Gasteiger partial charge >= 0.3 is 0 Å². The highest BCUT2D eigenvalue weighted by molar-refractivity contribution is 5.80. The van der Waals surface area contributed by atoms with Gasteiger partial charge in [-0.25, -0.2) is 0 Å². The van der Waals surface area contributed by atoms with Gasteiger partial charge in [0.1, 0.15) is 19.5 Å². The van der Waals surface area contributed by atoms with Gasteiger partial charge in [-0.05, 0) is 19.3 Å². The zero-order valence-corrected chi connectivity index (χ0v) is 31.3. The quantitative estimate of drug-likeness (QED) is 0.0542. The predicted octanol–water partition coefficient (Wildman–Crippen LogP) is 4.15. The Kier molecular flexibility index (Phi) is 35.7. The van der Waals surface area contributed by atoms with Gasteiger partial charge in [0.15, 0.2) is 0 Å². The van der Waals surface area contributed by atoms with Gasteiger partial charge in [-0.3, -0.25) is 19.2 Å². The summed E-state index contributed by atoms with van der Waals surface area (Å²) in [6, 6.07) is -0.673. The van der Waals surface area contributed by atoms with Crippen LogP contribution in [0.25, 0.3) is 0 Å². The average molecular weight is 715 g/mol. The summed E-state index contributed by atoms with van der Waals surface area (Å²) in [5, 5.41) is 10.9. The van der Waals surface area contributed by atoms with Crippen molar-refractivity contribution >= 4 is 29.9 Å². The number of ether oxygens (including phenoxy) is 4. The molecule has 4 N–H and O–H groups in total. The maximum atomic E-state index is 12.2. The summed E-state index contributed by atoms with van der Waals surface area (Å²) in [6.07, 6.45) is 19.6. The lowest BCUT2D eigenvalue weighted by molar-refractivity contribution is -0.127. The number of carbonyl (C=O) groups excluding carboxylic acids is 5. The van der Waals surface area contributed by atoms with E-state index in [0.717, 1.165) is 32.1 Å². The summed E-state index contributed by atoms with van der Waals surface area (Å²) >= 11 is 0. The van der Waals surface area contributed by atoms with Crippen molar-refractivity contribution in [3.8, 4) is 0 Å². The first kappa shape index (κ1) is 47.4. The normalized spacial score (nSPS) is 11.6. The first-order valence-corrected chi connectivity index (χ1v) is 19.3. The monoisotopic (exact) mass is 715 g/mol. The van der Waals surface area contributed by atoms with Crippen LogP contribution in [-0.4, -0.2) is 108 Å². The SMILES string of the molecule is CCCCCCCCCCCCCCCC(=O)N[C@H](C=O)CCC(=O)NCCOCCOCC(=O)NCCOCCOCC(=O)NCCCC. The van der Waals surface area contributed by atoms with Gasteiger partial charge in [0.25, 0.3) is 0 Å². The second-order valence-electron chi connectivity index (χ2n) is 12.6. The van der Waals surface area contributed by atoms with Crippen LogP contribution >= 0.6 is 0 Å². The third-order valence-electron chi connectivity index (χ3n) is 7.90. The third kappa shape index (κ3) is 35.2. The van der Waals surface area contributed by atoms with E-state index in [9.17, 15) is 24.0 Å². The summed E-state index contributed by atoms with van der Waals surface area (Å²) in [6.45, 7) is 7.18. The average Bonchev–Trinajstić information content (AvgIpc) is 3.10. The smallest absolute Gasteiger partial charge is 0.246 e. The van der Waals surface area contributed by atoms with Crippen molar-refractivity contribution in [1.29, 1.82) is 0 Å². The molecule has 0 aromatic rings. The molecule has 0 bridgehead atoms. The van der Waals surface area contributed by atoms with Crippen LogP contribution in [0.3, 0.4) is 0 Å². The van der Waals surface area contributed by atoms with Gasteiger partial charge in [-0.15, -0.1) is 0 Å². The Balaban J connectivity index is 3.57. The molecule has 0 aliphatic rings. The fraction of sp³-hybridized carbons (Fsp3) is 0.865. The molecule has 0 heterocycles. The van der Waals surface area contributed by atoms with Crippen molar-refractivity contribution in [2.45, 2.75) is 135 Å². The van der Waals surface area contributed by atoms with Crippen LogP contribution in [0.1, 0.15) is 129 Å². The zero-order valence-electron chi connectivity index (χ0n) is 31.3. The summed E-state index contributed by atoms with van der Waals surface area (Å²) in [5.41, 5.74) is 0. The molecule has 0 saturated carbocycles. The molecule has 0 rings (SSSR count). The standard InChI is InChI=1S/C37H70N4O9/c1-3-5-7-8-9-10-11-12-13-14-15-16-17-18-35(44)41-33(30-42)19-20-34(43)39-22-24-47-26-29-50-32-37(46)40-23-25-48-27-28-49-31-36(45)38-21-6-4-2/h30,33H,3-29,31-32H2,1-2H3,(H,38,45)(H,39,43)(H,40,46)(H,41,44)/t33-/m0/s1. The number of amides is 4.